The predicted octanol–water partition coefficient (Wildman–Crippen LogP) is 3.94. The molecule has 1 aliphatic rings. The van der Waals surface area contributed by atoms with E-state index in [4.69, 9.17) is 26.8 Å². The Labute approximate surface area is 168 Å². The minimum atomic E-state index is -0.797. The number of thiocarbonyl (C=S) groups is 1. The number of benzene rings is 1. The van der Waals surface area contributed by atoms with Crippen molar-refractivity contribution in [2.45, 2.75) is 32.6 Å². The molecule has 1 aliphatic heterocycles. The van der Waals surface area contributed by atoms with E-state index in [1.165, 1.54) is 11.8 Å². The number of methoxy groups -OCH3 is 1. The summed E-state index contributed by atoms with van der Waals surface area (Å²) in [5.74, 6) is 0.357. The van der Waals surface area contributed by atoms with Crippen LogP contribution in [0, 0.1) is 0 Å². The van der Waals surface area contributed by atoms with Crippen LogP contribution in [0.25, 0.3) is 6.08 Å². The number of carbonyl (C=O) groups is 2. The third kappa shape index (κ3) is 5.97. The highest BCUT2D eigenvalue weighted by Crippen LogP contribution is 2.34. The molecule has 0 radical (unpaired) electrons. The van der Waals surface area contributed by atoms with Gasteiger partial charge in [0.25, 0.3) is 5.91 Å². The topological polar surface area (TPSA) is 76.1 Å². The molecule has 0 atom stereocenters. The number of carbonyl (C=O) groups excluding carboxylic acids is 1. The molecule has 1 saturated heterocycles. The maximum Gasteiger partial charge on any atom is 0.303 e. The van der Waals surface area contributed by atoms with Gasteiger partial charge in [-0.1, -0.05) is 36.5 Å². The zero-order chi connectivity index (χ0) is 19.8. The van der Waals surface area contributed by atoms with E-state index in [0.29, 0.717) is 40.3 Å². The Morgan fingerprint density at radius 1 is 1.30 bits per heavy atom. The molecule has 0 unspecified atom stereocenters. The van der Waals surface area contributed by atoms with Crippen molar-refractivity contribution >= 4 is 46.3 Å². The van der Waals surface area contributed by atoms with Crippen LogP contribution in [0.3, 0.4) is 0 Å². The molecule has 2 rings (SSSR count). The molecule has 8 heteroatoms. The van der Waals surface area contributed by atoms with Crippen LogP contribution in [0.4, 0.5) is 0 Å². The number of ether oxygens (including phenoxy) is 2. The highest BCUT2D eigenvalue weighted by molar-refractivity contribution is 8.26. The molecule has 1 amide bonds. The zero-order valence-corrected chi connectivity index (χ0v) is 17.0. The van der Waals surface area contributed by atoms with Crippen molar-refractivity contribution in [1.82, 2.24) is 4.90 Å². The maximum absolute atomic E-state index is 12.6. The van der Waals surface area contributed by atoms with Gasteiger partial charge in [0.1, 0.15) is 4.32 Å². The minimum Gasteiger partial charge on any atom is -0.493 e. The molecule has 0 aliphatic carbocycles. The summed E-state index contributed by atoms with van der Waals surface area (Å²) in [4.78, 5) is 25.3. The molecular weight excluding hydrogens is 386 g/mol. The number of hydrogen-bond acceptors (Lipinski definition) is 6. The second-order valence-corrected chi connectivity index (χ2v) is 7.56. The van der Waals surface area contributed by atoms with Crippen LogP contribution in [0.5, 0.6) is 11.5 Å². The predicted molar refractivity (Wildman–Crippen MR) is 110 cm³/mol. The number of amides is 1. The van der Waals surface area contributed by atoms with E-state index in [9.17, 15) is 9.59 Å². The molecule has 1 aromatic rings. The first-order valence-electron chi connectivity index (χ1n) is 8.74. The average Bonchev–Trinajstić information content (AvgIpc) is 2.89. The maximum atomic E-state index is 12.6. The Hall–Kier alpha value is -2.06. The number of carboxylic acid groups (broad SMARTS) is 1. The molecule has 27 heavy (non-hydrogen) atoms. The Kier molecular flexibility index (Phi) is 8.12. The number of aliphatic carboxylic acids is 1. The van der Waals surface area contributed by atoms with Crippen LogP contribution in [-0.4, -0.2) is 46.5 Å². The quantitative estimate of drug-likeness (QED) is 0.356. The van der Waals surface area contributed by atoms with Crippen molar-refractivity contribution < 1.29 is 24.2 Å². The normalized spacial score (nSPS) is 15.5. The van der Waals surface area contributed by atoms with E-state index >= 15 is 0 Å². The molecular formula is C19H23NO5S2. The van der Waals surface area contributed by atoms with E-state index in [2.05, 4.69) is 0 Å². The largest absolute Gasteiger partial charge is 0.493 e. The van der Waals surface area contributed by atoms with E-state index in [1.54, 1.807) is 18.1 Å². The summed E-state index contributed by atoms with van der Waals surface area (Å²) in [6.07, 6.45) is 4.02. The summed E-state index contributed by atoms with van der Waals surface area (Å²) < 4.78 is 11.4. The van der Waals surface area contributed by atoms with Crippen LogP contribution in [0.15, 0.2) is 23.1 Å². The van der Waals surface area contributed by atoms with E-state index in [1.807, 2.05) is 25.1 Å². The van der Waals surface area contributed by atoms with Crippen molar-refractivity contribution in [3.05, 3.63) is 28.7 Å². The van der Waals surface area contributed by atoms with Crippen molar-refractivity contribution in [1.29, 1.82) is 0 Å². The van der Waals surface area contributed by atoms with Gasteiger partial charge in [0, 0.05) is 13.0 Å². The van der Waals surface area contributed by atoms with E-state index in [0.717, 1.165) is 18.4 Å². The summed E-state index contributed by atoms with van der Waals surface area (Å²) >= 11 is 6.60. The summed E-state index contributed by atoms with van der Waals surface area (Å²) in [5.41, 5.74) is 0.831. The molecule has 0 bridgehead atoms. The van der Waals surface area contributed by atoms with Gasteiger partial charge in [0.05, 0.1) is 18.6 Å². The van der Waals surface area contributed by atoms with Crippen molar-refractivity contribution in [2.24, 2.45) is 0 Å². The molecule has 0 saturated carbocycles. The first kappa shape index (κ1) is 21.2. The minimum absolute atomic E-state index is 0.115. The lowest BCUT2D eigenvalue weighted by atomic mass is 10.1. The fourth-order valence-electron chi connectivity index (χ4n) is 2.62. The van der Waals surface area contributed by atoms with Gasteiger partial charge in [-0.15, -0.1) is 0 Å². The Morgan fingerprint density at radius 3 is 2.74 bits per heavy atom. The number of hydrogen-bond donors (Lipinski definition) is 1. The van der Waals surface area contributed by atoms with Crippen molar-refractivity contribution in [2.75, 3.05) is 20.3 Å². The summed E-state index contributed by atoms with van der Waals surface area (Å²) in [6, 6.07) is 5.51. The molecule has 1 fully saturated rings. The second-order valence-electron chi connectivity index (χ2n) is 5.88. The van der Waals surface area contributed by atoms with Gasteiger partial charge < -0.3 is 14.6 Å². The van der Waals surface area contributed by atoms with Crippen LogP contribution in [-0.2, 0) is 9.59 Å². The fraction of sp³-hybridized carbons (Fsp3) is 0.421. The van der Waals surface area contributed by atoms with Crippen LogP contribution < -0.4 is 9.47 Å². The van der Waals surface area contributed by atoms with Crippen molar-refractivity contribution in [3.8, 4) is 11.5 Å². The standard InChI is InChI=1S/C19H23NO5S2/c1-3-25-14-9-8-13(11-15(14)24-2)12-16-18(23)20(19(26)27-16)10-6-4-5-7-17(21)22/h8-9,11-12H,3-7,10H2,1-2H3,(H,21,22). The van der Waals surface area contributed by atoms with Gasteiger partial charge in [-0.2, -0.15) is 0 Å². The van der Waals surface area contributed by atoms with Gasteiger partial charge in [-0.3, -0.25) is 14.5 Å². The number of thioether (sulfide) groups is 1. The molecule has 1 N–H and O–H groups in total. The van der Waals surface area contributed by atoms with Gasteiger partial charge in [-0.25, -0.2) is 0 Å². The first-order chi connectivity index (χ1) is 13.0. The highest BCUT2D eigenvalue weighted by Gasteiger charge is 2.31. The molecule has 0 aromatic heterocycles. The first-order valence-corrected chi connectivity index (χ1v) is 9.96. The smallest absolute Gasteiger partial charge is 0.303 e. The Bertz CT molecular complexity index is 748. The molecule has 0 spiro atoms. The highest BCUT2D eigenvalue weighted by atomic mass is 32.2. The number of unbranched alkanes of at least 4 members (excludes halogenated alkanes) is 2. The lowest BCUT2D eigenvalue weighted by molar-refractivity contribution is -0.137. The van der Waals surface area contributed by atoms with Crippen LogP contribution in [0.2, 0.25) is 0 Å². The SMILES string of the molecule is CCOc1ccc(C=C2SC(=S)N(CCCCCC(=O)O)C2=O)cc1OC. The lowest BCUT2D eigenvalue weighted by Gasteiger charge is -2.13. The third-order valence-corrected chi connectivity index (χ3v) is 5.31. The molecule has 1 heterocycles. The molecule has 6 nitrogen and oxygen atoms in total. The number of rotatable bonds is 10. The summed E-state index contributed by atoms with van der Waals surface area (Å²) in [7, 11) is 1.57. The number of carboxylic acids is 1. The monoisotopic (exact) mass is 409 g/mol. The summed E-state index contributed by atoms with van der Waals surface area (Å²) in [6.45, 7) is 2.95. The van der Waals surface area contributed by atoms with E-state index < -0.39 is 5.97 Å². The third-order valence-electron chi connectivity index (χ3n) is 3.93. The Morgan fingerprint density at radius 2 is 2.07 bits per heavy atom. The van der Waals surface area contributed by atoms with E-state index in [-0.39, 0.29) is 12.3 Å². The zero-order valence-electron chi connectivity index (χ0n) is 15.4. The van der Waals surface area contributed by atoms with Crippen molar-refractivity contribution in [3.63, 3.8) is 0 Å². The fourth-order valence-corrected chi connectivity index (χ4v) is 3.92. The van der Waals surface area contributed by atoms with Crippen LogP contribution >= 0.6 is 24.0 Å². The van der Waals surface area contributed by atoms with Crippen LogP contribution in [0.1, 0.15) is 38.2 Å². The van der Waals surface area contributed by atoms with Gasteiger partial charge >= 0.3 is 5.97 Å². The lowest BCUT2D eigenvalue weighted by Crippen LogP contribution is -2.29. The second kappa shape index (κ2) is 10.3. The number of nitrogens with zero attached hydrogens (tertiary/aromatic N) is 1. The van der Waals surface area contributed by atoms with Gasteiger partial charge in [-0.05, 0) is 43.5 Å². The summed E-state index contributed by atoms with van der Waals surface area (Å²) in [5, 5.41) is 8.65. The molecule has 146 valence electrons. The average molecular weight is 410 g/mol. The Balaban J connectivity index is 2.01. The molecule has 1 aromatic carbocycles. The van der Waals surface area contributed by atoms with Gasteiger partial charge in [0.15, 0.2) is 11.5 Å². The van der Waals surface area contributed by atoms with Gasteiger partial charge in [0.2, 0.25) is 0 Å².